The van der Waals surface area contributed by atoms with Crippen LogP contribution in [0.4, 0.5) is 0 Å². The van der Waals surface area contributed by atoms with Crippen molar-refractivity contribution < 1.29 is 14.6 Å². The lowest BCUT2D eigenvalue weighted by molar-refractivity contribution is 0.0694. The highest BCUT2D eigenvalue weighted by atomic mass is 35.5. The highest BCUT2D eigenvalue weighted by molar-refractivity contribution is 6.34. The molecule has 0 fully saturated rings. The smallest absolute Gasteiger partial charge is 0.341 e. The molecule has 2 rings (SSSR count). The molecule has 0 amide bonds. The van der Waals surface area contributed by atoms with Crippen LogP contribution >= 0.6 is 23.2 Å². The Morgan fingerprint density at radius 3 is 2.53 bits per heavy atom. The van der Waals surface area contributed by atoms with Crippen molar-refractivity contribution in [3.05, 3.63) is 57.6 Å². The molecule has 0 spiro atoms. The zero-order chi connectivity index (χ0) is 14.0. The number of halogens is 2. The normalized spacial score (nSPS) is 10.3. The quantitative estimate of drug-likeness (QED) is 0.885. The van der Waals surface area contributed by atoms with Gasteiger partial charge in [-0.1, -0.05) is 35.3 Å². The van der Waals surface area contributed by atoms with Gasteiger partial charge < -0.3 is 9.84 Å². The highest BCUT2D eigenvalue weighted by Crippen LogP contribution is 2.34. The molecule has 0 aliphatic rings. The molecule has 19 heavy (non-hydrogen) atoms. The van der Waals surface area contributed by atoms with Crippen molar-refractivity contribution >= 4 is 29.2 Å². The van der Waals surface area contributed by atoms with Gasteiger partial charge in [0, 0.05) is 0 Å². The van der Waals surface area contributed by atoms with E-state index in [9.17, 15) is 4.79 Å². The maximum atomic E-state index is 11.2. The molecule has 0 bridgehead atoms. The number of carbonyl (C=O) groups is 1. The van der Waals surface area contributed by atoms with Gasteiger partial charge in [0.05, 0.1) is 10.0 Å². The predicted octanol–water partition coefficient (Wildman–Crippen LogP) is 4.79. The van der Waals surface area contributed by atoms with Gasteiger partial charge in [-0.25, -0.2) is 4.79 Å². The van der Waals surface area contributed by atoms with Crippen LogP contribution in [0.3, 0.4) is 0 Å². The molecule has 2 aromatic rings. The second-order valence-electron chi connectivity index (χ2n) is 3.95. The molecule has 98 valence electrons. The molecule has 0 unspecified atom stereocenters. The molecule has 0 atom stereocenters. The molecule has 0 radical (unpaired) electrons. The second kappa shape index (κ2) is 5.51. The van der Waals surface area contributed by atoms with Crippen molar-refractivity contribution in [3.8, 4) is 11.5 Å². The first kappa shape index (κ1) is 13.7. The number of benzene rings is 2. The Labute approximate surface area is 120 Å². The summed E-state index contributed by atoms with van der Waals surface area (Å²) < 4.78 is 5.57. The summed E-state index contributed by atoms with van der Waals surface area (Å²) in [4.78, 5) is 11.2. The third-order valence-corrected chi connectivity index (χ3v) is 3.12. The third-order valence-electron chi connectivity index (χ3n) is 2.50. The van der Waals surface area contributed by atoms with E-state index in [1.165, 1.54) is 12.1 Å². The average Bonchev–Trinajstić information content (AvgIpc) is 2.33. The van der Waals surface area contributed by atoms with Crippen molar-refractivity contribution in [2.75, 3.05) is 0 Å². The first-order valence-electron chi connectivity index (χ1n) is 5.45. The molecular weight excluding hydrogens is 287 g/mol. The molecule has 0 aromatic heterocycles. The van der Waals surface area contributed by atoms with E-state index in [1.807, 2.05) is 13.0 Å². The van der Waals surface area contributed by atoms with Gasteiger partial charge >= 0.3 is 5.97 Å². The monoisotopic (exact) mass is 296 g/mol. The molecule has 0 aliphatic carbocycles. The van der Waals surface area contributed by atoms with Crippen molar-refractivity contribution in [1.82, 2.24) is 0 Å². The fraction of sp³-hybridized carbons (Fsp3) is 0.0714. The van der Waals surface area contributed by atoms with Gasteiger partial charge in [0.1, 0.15) is 17.1 Å². The van der Waals surface area contributed by atoms with Gasteiger partial charge in [0.25, 0.3) is 0 Å². The van der Waals surface area contributed by atoms with Crippen LogP contribution in [0.15, 0.2) is 36.4 Å². The van der Waals surface area contributed by atoms with E-state index in [4.69, 9.17) is 33.0 Å². The highest BCUT2D eigenvalue weighted by Gasteiger charge is 2.17. The first-order valence-corrected chi connectivity index (χ1v) is 6.20. The topological polar surface area (TPSA) is 46.5 Å². The summed E-state index contributed by atoms with van der Waals surface area (Å²) in [6.07, 6.45) is 0. The minimum Gasteiger partial charge on any atom is -0.478 e. The Bertz CT molecular complexity index is 639. The van der Waals surface area contributed by atoms with Crippen LogP contribution in [-0.2, 0) is 0 Å². The number of carboxylic acids is 1. The molecule has 0 heterocycles. The summed E-state index contributed by atoms with van der Waals surface area (Å²) in [7, 11) is 0. The Morgan fingerprint density at radius 2 is 1.84 bits per heavy atom. The SMILES string of the molecule is Cc1ccc(Cl)c(Oc2cccc(Cl)c2C(=O)O)c1. The molecule has 1 N–H and O–H groups in total. The zero-order valence-electron chi connectivity index (χ0n) is 9.98. The van der Waals surface area contributed by atoms with E-state index in [-0.39, 0.29) is 16.3 Å². The summed E-state index contributed by atoms with van der Waals surface area (Å²) >= 11 is 11.9. The van der Waals surface area contributed by atoms with E-state index in [2.05, 4.69) is 0 Å². The van der Waals surface area contributed by atoms with Gasteiger partial charge in [-0.05, 0) is 36.8 Å². The lowest BCUT2D eigenvalue weighted by Gasteiger charge is -2.11. The number of carboxylic acid groups (broad SMARTS) is 1. The van der Waals surface area contributed by atoms with Crippen LogP contribution in [0.5, 0.6) is 11.5 Å². The summed E-state index contributed by atoms with van der Waals surface area (Å²) in [5, 5.41) is 9.67. The predicted molar refractivity (Wildman–Crippen MR) is 74.7 cm³/mol. The van der Waals surface area contributed by atoms with Crippen LogP contribution in [0.1, 0.15) is 15.9 Å². The van der Waals surface area contributed by atoms with E-state index in [0.717, 1.165) is 5.56 Å². The fourth-order valence-corrected chi connectivity index (χ4v) is 2.01. The van der Waals surface area contributed by atoms with Crippen LogP contribution in [0.2, 0.25) is 10.0 Å². The van der Waals surface area contributed by atoms with E-state index in [1.54, 1.807) is 18.2 Å². The van der Waals surface area contributed by atoms with Crippen LogP contribution in [0.25, 0.3) is 0 Å². The first-order chi connectivity index (χ1) is 8.99. The Balaban J connectivity index is 2.46. The van der Waals surface area contributed by atoms with E-state index >= 15 is 0 Å². The maximum absolute atomic E-state index is 11.2. The average molecular weight is 297 g/mol. The lowest BCUT2D eigenvalue weighted by atomic mass is 10.2. The number of aromatic carboxylic acids is 1. The standard InChI is InChI=1S/C14H10Cl2O3/c1-8-5-6-9(15)12(7-8)19-11-4-2-3-10(16)13(11)14(17)18/h2-7H,1H3,(H,17,18). The Kier molecular flexibility index (Phi) is 3.98. The molecule has 5 heteroatoms. The maximum Gasteiger partial charge on any atom is 0.341 e. The lowest BCUT2D eigenvalue weighted by Crippen LogP contribution is -2.01. The fourth-order valence-electron chi connectivity index (χ4n) is 1.60. The number of hydrogen-bond acceptors (Lipinski definition) is 2. The number of hydrogen-bond donors (Lipinski definition) is 1. The molecule has 0 saturated carbocycles. The Hall–Kier alpha value is -1.71. The van der Waals surface area contributed by atoms with Crippen LogP contribution < -0.4 is 4.74 Å². The number of rotatable bonds is 3. The minimum atomic E-state index is -1.15. The summed E-state index contributed by atoms with van der Waals surface area (Å²) in [5.74, 6) is -0.594. The third kappa shape index (κ3) is 3.00. The van der Waals surface area contributed by atoms with Gasteiger partial charge in [-0.15, -0.1) is 0 Å². The van der Waals surface area contributed by atoms with Gasteiger partial charge in [-0.3, -0.25) is 0 Å². The molecular formula is C14H10Cl2O3. The molecule has 2 aromatic carbocycles. The van der Waals surface area contributed by atoms with Crippen molar-refractivity contribution in [2.24, 2.45) is 0 Å². The summed E-state index contributed by atoms with van der Waals surface area (Å²) in [5.41, 5.74) is 0.875. The van der Waals surface area contributed by atoms with Crippen molar-refractivity contribution in [3.63, 3.8) is 0 Å². The van der Waals surface area contributed by atoms with Gasteiger partial charge in [0.2, 0.25) is 0 Å². The number of aryl methyl sites for hydroxylation is 1. The van der Waals surface area contributed by atoms with Gasteiger partial charge in [0.15, 0.2) is 0 Å². The molecule has 0 saturated heterocycles. The van der Waals surface area contributed by atoms with Gasteiger partial charge in [-0.2, -0.15) is 0 Å². The second-order valence-corrected chi connectivity index (χ2v) is 4.77. The van der Waals surface area contributed by atoms with E-state index < -0.39 is 5.97 Å². The zero-order valence-corrected chi connectivity index (χ0v) is 11.5. The molecule has 3 nitrogen and oxygen atoms in total. The van der Waals surface area contributed by atoms with Crippen molar-refractivity contribution in [1.29, 1.82) is 0 Å². The number of ether oxygens (including phenoxy) is 1. The largest absolute Gasteiger partial charge is 0.478 e. The summed E-state index contributed by atoms with van der Waals surface area (Å²) in [6.45, 7) is 1.89. The minimum absolute atomic E-state index is 0.0817. The van der Waals surface area contributed by atoms with Crippen LogP contribution in [0, 0.1) is 6.92 Å². The Morgan fingerprint density at radius 1 is 1.11 bits per heavy atom. The summed E-state index contributed by atoms with van der Waals surface area (Å²) in [6, 6.07) is 9.91. The van der Waals surface area contributed by atoms with Crippen LogP contribution in [-0.4, -0.2) is 11.1 Å². The van der Waals surface area contributed by atoms with E-state index in [0.29, 0.717) is 10.8 Å². The molecule has 0 aliphatic heterocycles. The van der Waals surface area contributed by atoms with Crippen molar-refractivity contribution in [2.45, 2.75) is 6.92 Å².